The Morgan fingerprint density at radius 2 is 2.06 bits per heavy atom. The second-order valence-corrected chi connectivity index (χ2v) is 7.87. The summed E-state index contributed by atoms with van der Waals surface area (Å²) in [6.45, 7) is 4.46. The molecule has 4 heterocycles. The average Bonchev–Trinajstić information content (AvgIpc) is 3.52. The molecule has 8 heteroatoms. The molecule has 1 aliphatic heterocycles. The van der Waals surface area contributed by atoms with Gasteiger partial charge in [0.15, 0.2) is 0 Å². The fraction of sp³-hybridized carbons (Fsp3) is 0.348. The van der Waals surface area contributed by atoms with Crippen LogP contribution in [0.15, 0.2) is 45.5 Å². The topological polar surface area (TPSA) is 98.2 Å². The van der Waals surface area contributed by atoms with Gasteiger partial charge in [-0.3, -0.25) is 9.78 Å². The molecule has 1 saturated heterocycles. The van der Waals surface area contributed by atoms with Gasteiger partial charge in [0, 0.05) is 30.1 Å². The minimum Gasteiger partial charge on any atom is -0.417 e. The van der Waals surface area contributed by atoms with Crippen molar-refractivity contribution < 1.29 is 13.7 Å². The molecule has 5 rings (SSSR count). The van der Waals surface area contributed by atoms with E-state index in [-0.39, 0.29) is 11.9 Å². The number of carbonyl (C=O) groups excluding carboxylic acids is 1. The molecule has 1 atom stereocenters. The Bertz CT molecular complexity index is 1220. The first-order valence-corrected chi connectivity index (χ1v) is 10.5. The van der Waals surface area contributed by atoms with E-state index in [4.69, 9.17) is 8.94 Å². The molecule has 0 bridgehead atoms. The lowest BCUT2D eigenvalue weighted by molar-refractivity contribution is -0.132. The summed E-state index contributed by atoms with van der Waals surface area (Å²) < 4.78 is 11.2. The van der Waals surface area contributed by atoms with Gasteiger partial charge in [0.05, 0.1) is 5.69 Å². The van der Waals surface area contributed by atoms with E-state index in [9.17, 15) is 4.79 Å². The van der Waals surface area contributed by atoms with E-state index in [1.54, 1.807) is 6.20 Å². The standard InChI is InChI=1S/C23H23N5O3/c1-14-17(15(2)31-27-14)9-10-20(29)28-13-5-8-19(28)22-25-26-23(30-22)21-18-7-4-3-6-16(18)11-12-24-21/h3-4,6-7,11-12,19H,5,8-10,13H2,1-2H3/t19-/m0/s1. The van der Waals surface area contributed by atoms with Crippen LogP contribution in [0.1, 0.15) is 48.2 Å². The molecule has 0 N–H and O–H groups in total. The summed E-state index contributed by atoms with van der Waals surface area (Å²) >= 11 is 0. The van der Waals surface area contributed by atoms with Crippen LogP contribution in [0.3, 0.4) is 0 Å². The fourth-order valence-electron chi connectivity index (χ4n) is 4.31. The zero-order chi connectivity index (χ0) is 21.4. The van der Waals surface area contributed by atoms with E-state index in [0.29, 0.717) is 36.9 Å². The van der Waals surface area contributed by atoms with Crippen molar-refractivity contribution in [1.29, 1.82) is 0 Å². The van der Waals surface area contributed by atoms with E-state index in [1.165, 1.54) is 0 Å². The summed E-state index contributed by atoms with van der Waals surface area (Å²) in [4.78, 5) is 19.3. The fourth-order valence-corrected chi connectivity index (χ4v) is 4.31. The molecule has 0 radical (unpaired) electrons. The van der Waals surface area contributed by atoms with Crippen LogP contribution < -0.4 is 0 Å². The van der Waals surface area contributed by atoms with Gasteiger partial charge >= 0.3 is 0 Å². The summed E-state index contributed by atoms with van der Waals surface area (Å²) in [5.74, 6) is 1.69. The van der Waals surface area contributed by atoms with Gasteiger partial charge in [-0.15, -0.1) is 10.2 Å². The first-order valence-electron chi connectivity index (χ1n) is 10.5. The van der Waals surface area contributed by atoms with Crippen molar-refractivity contribution in [1.82, 2.24) is 25.2 Å². The molecule has 0 aliphatic carbocycles. The molecule has 31 heavy (non-hydrogen) atoms. The molecule has 1 fully saturated rings. The van der Waals surface area contributed by atoms with Crippen LogP contribution in [0.5, 0.6) is 0 Å². The lowest BCUT2D eigenvalue weighted by atomic mass is 10.1. The Labute approximate surface area is 179 Å². The number of benzene rings is 1. The van der Waals surface area contributed by atoms with Crippen LogP contribution in [0.4, 0.5) is 0 Å². The highest BCUT2D eigenvalue weighted by Crippen LogP contribution is 2.34. The molecule has 3 aromatic heterocycles. The highest BCUT2D eigenvalue weighted by Gasteiger charge is 2.34. The highest BCUT2D eigenvalue weighted by molar-refractivity contribution is 5.92. The predicted molar refractivity (Wildman–Crippen MR) is 113 cm³/mol. The number of likely N-dealkylation sites (tertiary alicyclic amines) is 1. The van der Waals surface area contributed by atoms with Gasteiger partial charge in [-0.05, 0) is 44.6 Å². The number of carbonyl (C=O) groups is 1. The third-order valence-corrected chi connectivity index (χ3v) is 5.95. The van der Waals surface area contributed by atoms with E-state index in [2.05, 4.69) is 20.3 Å². The van der Waals surface area contributed by atoms with Gasteiger partial charge in [-0.1, -0.05) is 29.4 Å². The number of aromatic nitrogens is 4. The summed E-state index contributed by atoms with van der Waals surface area (Å²) in [7, 11) is 0. The number of nitrogens with zero attached hydrogens (tertiary/aromatic N) is 5. The molecule has 0 spiro atoms. The highest BCUT2D eigenvalue weighted by atomic mass is 16.5. The van der Waals surface area contributed by atoms with Crippen LogP contribution in [-0.4, -0.2) is 37.7 Å². The van der Waals surface area contributed by atoms with Crippen LogP contribution in [-0.2, 0) is 11.2 Å². The van der Waals surface area contributed by atoms with Gasteiger partial charge in [0.2, 0.25) is 11.8 Å². The van der Waals surface area contributed by atoms with Crippen LogP contribution in [0, 0.1) is 13.8 Å². The zero-order valence-electron chi connectivity index (χ0n) is 17.5. The monoisotopic (exact) mass is 417 g/mol. The van der Waals surface area contributed by atoms with Crippen LogP contribution in [0.2, 0.25) is 0 Å². The number of hydrogen-bond acceptors (Lipinski definition) is 7. The SMILES string of the molecule is Cc1noc(C)c1CCC(=O)N1CCC[C@H]1c1nnc(-c2nccc3ccccc23)o1. The second-order valence-electron chi connectivity index (χ2n) is 7.87. The minimum atomic E-state index is -0.201. The van der Waals surface area contributed by atoms with E-state index in [1.807, 2.05) is 49.1 Å². The number of aryl methyl sites for hydroxylation is 2. The van der Waals surface area contributed by atoms with Crippen molar-refractivity contribution in [3.63, 3.8) is 0 Å². The van der Waals surface area contributed by atoms with Gasteiger partial charge < -0.3 is 13.8 Å². The smallest absolute Gasteiger partial charge is 0.267 e. The lowest BCUT2D eigenvalue weighted by Gasteiger charge is -2.22. The first-order chi connectivity index (χ1) is 15.1. The number of fused-ring (bicyclic) bond motifs is 1. The van der Waals surface area contributed by atoms with Gasteiger partial charge in [-0.25, -0.2) is 0 Å². The molecule has 0 unspecified atom stereocenters. The Morgan fingerprint density at radius 1 is 1.19 bits per heavy atom. The van der Waals surface area contributed by atoms with E-state index >= 15 is 0 Å². The summed E-state index contributed by atoms with van der Waals surface area (Å²) in [6, 6.07) is 9.70. The molecule has 4 aromatic rings. The number of pyridine rings is 1. The van der Waals surface area contributed by atoms with Crippen molar-refractivity contribution in [2.24, 2.45) is 0 Å². The van der Waals surface area contributed by atoms with Crippen molar-refractivity contribution >= 4 is 16.7 Å². The number of amides is 1. The molecule has 158 valence electrons. The maximum absolute atomic E-state index is 13.0. The average molecular weight is 417 g/mol. The van der Waals surface area contributed by atoms with Crippen molar-refractivity contribution in [2.45, 2.75) is 45.6 Å². The van der Waals surface area contributed by atoms with Crippen LogP contribution in [0.25, 0.3) is 22.4 Å². The van der Waals surface area contributed by atoms with Crippen molar-refractivity contribution in [2.75, 3.05) is 6.54 Å². The molecule has 1 aliphatic rings. The molecule has 0 saturated carbocycles. The number of rotatable bonds is 5. The van der Waals surface area contributed by atoms with Crippen molar-refractivity contribution in [3.05, 3.63) is 59.4 Å². The van der Waals surface area contributed by atoms with Gasteiger partial charge in [0.1, 0.15) is 17.5 Å². The summed E-state index contributed by atoms with van der Waals surface area (Å²) in [5, 5.41) is 14.5. The summed E-state index contributed by atoms with van der Waals surface area (Å²) in [5.41, 5.74) is 2.50. The Morgan fingerprint density at radius 3 is 2.90 bits per heavy atom. The maximum Gasteiger partial charge on any atom is 0.267 e. The van der Waals surface area contributed by atoms with Gasteiger partial charge in [-0.2, -0.15) is 0 Å². The molecule has 8 nitrogen and oxygen atoms in total. The Kier molecular flexibility index (Phi) is 4.97. The van der Waals surface area contributed by atoms with Crippen LogP contribution >= 0.6 is 0 Å². The summed E-state index contributed by atoms with van der Waals surface area (Å²) in [6.07, 6.45) is 4.46. The Balaban J connectivity index is 1.35. The van der Waals surface area contributed by atoms with E-state index < -0.39 is 0 Å². The first kappa shape index (κ1) is 19.4. The largest absolute Gasteiger partial charge is 0.417 e. The maximum atomic E-state index is 13.0. The molecule has 1 aromatic carbocycles. The normalized spacial score (nSPS) is 16.3. The molecule has 1 amide bonds. The molecular weight excluding hydrogens is 394 g/mol. The third kappa shape index (κ3) is 3.58. The minimum absolute atomic E-state index is 0.0746. The van der Waals surface area contributed by atoms with Crippen molar-refractivity contribution in [3.8, 4) is 11.6 Å². The van der Waals surface area contributed by atoms with E-state index in [0.717, 1.165) is 40.6 Å². The molecular formula is C23H23N5O3. The second kappa shape index (κ2) is 7.94. The quantitative estimate of drug-likeness (QED) is 0.480. The Hall–Kier alpha value is -3.55. The third-order valence-electron chi connectivity index (χ3n) is 5.95. The van der Waals surface area contributed by atoms with Gasteiger partial charge in [0.25, 0.3) is 5.89 Å². The number of hydrogen-bond donors (Lipinski definition) is 0. The zero-order valence-corrected chi connectivity index (χ0v) is 17.5. The lowest BCUT2D eigenvalue weighted by Crippen LogP contribution is -2.31. The predicted octanol–water partition coefficient (Wildman–Crippen LogP) is 4.19.